The number of nitriles is 1. The molecule has 0 aromatic carbocycles. The van der Waals surface area contributed by atoms with Crippen LogP contribution in [0.1, 0.15) is 50.4 Å². The van der Waals surface area contributed by atoms with Crippen molar-refractivity contribution in [1.82, 2.24) is 4.98 Å². The molecule has 29 heavy (non-hydrogen) atoms. The van der Waals surface area contributed by atoms with E-state index in [1.807, 2.05) is 0 Å². The molecule has 0 unspecified atom stereocenters. The molecule has 3 heterocycles. The van der Waals surface area contributed by atoms with Crippen LogP contribution in [-0.4, -0.2) is 30.2 Å². The van der Waals surface area contributed by atoms with E-state index in [1.54, 1.807) is 23.1 Å². The van der Waals surface area contributed by atoms with Gasteiger partial charge in [-0.15, -0.1) is 23.1 Å². The Bertz CT molecular complexity index is 891. The number of aromatic nitrogens is 1. The van der Waals surface area contributed by atoms with Crippen LogP contribution in [0.25, 0.3) is 10.4 Å². The van der Waals surface area contributed by atoms with Gasteiger partial charge in [-0.1, -0.05) is 26.8 Å². The molecule has 0 spiro atoms. The van der Waals surface area contributed by atoms with Gasteiger partial charge in [0.1, 0.15) is 11.1 Å². The fraction of sp³-hybridized carbons (Fsp3) is 0.565. The average Bonchev–Trinajstić information content (AvgIpc) is 3.40. The fourth-order valence-electron chi connectivity index (χ4n) is 4.20. The van der Waals surface area contributed by atoms with Gasteiger partial charge < -0.3 is 9.47 Å². The number of thiophene rings is 1. The second-order valence-corrected chi connectivity index (χ2v) is 10.8. The molecule has 1 aliphatic carbocycles. The first-order chi connectivity index (χ1) is 14.0. The Morgan fingerprint density at radius 1 is 1.31 bits per heavy atom. The van der Waals surface area contributed by atoms with Crippen molar-refractivity contribution >= 4 is 23.1 Å². The number of hydrogen-bond acceptors (Lipinski definition) is 6. The molecule has 2 aliphatic rings. The lowest BCUT2D eigenvalue weighted by atomic mass is 9.70. The predicted octanol–water partition coefficient (Wildman–Crippen LogP) is 5.69. The maximum absolute atomic E-state index is 10.1. The molecule has 1 aliphatic heterocycles. The second-order valence-electron chi connectivity index (χ2n) is 8.80. The van der Waals surface area contributed by atoms with Crippen molar-refractivity contribution in [3.05, 3.63) is 34.3 Å². The molecular weight excluding hydrogens is 400 g/mol. The quantitative estimate of drug-likeness (QED) is 0.573. The van der Waals surface area contributed by atoms with Crippen LogP contribution in [0, 0.1) is 22.7 Å². The summed E-state index contributed by atoms with van der Waals surface area (Å²) in [5.41, 5.74) is 4.59. The summed E-state index contributed by atoms with van der Waals surface area (Å²) < 4.78 is 11.1. The van der Waals surface area contributed by atoms with Gasteiger partial charge >= 0.3 is 0 Å². The van der Waals surface area contributed by atoms with E-state index in [9.17, 15) is 5.26 Å². The van der Waals surface area contributed by atoms with Gasteiger partial charge in [-0.05, 0) is 47.6 Å². The van der Waals surface area contributed by atoms with Crippen LogP contribution in [0.15, 0.2) is 22.5 Å². The van der Waals surface area contributed by atoms with Gasteiger partial charge in [0.05, 0.1) is 18.8 Å². The molecule has 2 aromatic heterocycles. The Balaban J connectivity index is 1.69. The average molecular weight is 429 g/mol. The lowest BCUT2D eigenvalue weighted by Gasteiger charge is -2.35. The van der Waals surface area contributed by atoms with E-state index in [4.69, 9.17) is 14.5 Å². The minimum atomic E-state index is -0.116. The van der Waals surface area contributed by atoms with Gasteiger partial charge in [-0.2, -0.15) is 5.26 Å². The maximum Gasteiger partial charge on any atom is 0.158 e. The predicted molar refractivity (Wildman–Crippen MR) is 118 cm³/mol. The molecule has 1 atom stereocenters. The van der Waals surface area contributed by atoms with Crippen molar-refractivity contribution in [3.8, 4) is 16.5 Å². The minimum Gasteiger partial charge on any atom is -0.350 e. The molecule has 6 heteroatoms. The van der Waals surface area contributed by atoms with Gasteiger partial charge in [0.25, 0.3) is 0 Å². The summed E-state index contributed by atoms with van der Waals surface area (Å²) >= 11 is 3.37. The molecule has 1 saturated heterocycles. The highest BCUT2D eigenvalue weighted by Gasteiger charge is 2.33. The third-order valence-electron chi connectivity index (χ3n) is 5.92. The Morgan fingerprint density at radius 2 is 2.10 bits per heavy atom. The number of nitrogens with zero attached hydrogens (tertiary/aromatic N) is 2. The summed E-state index contributed by atoms with van der Waals surface area (Å²) in [7, 11) is 0. The summed E-state index contributed by atoms with van der Waals surface area (Å²) in [6.07, 6.45) is 3.85. The topological polar surface area (TPSA) is 55.1 Å². The molecule has 0 amide bonds. The Labute approximate surface area is 181 Å². The molecule has 0 N–H and O–H groups in total. The van der Waals surface area contributed by atoms with Crippen LogP contribution in [0.2, 0.25) is 0 Å². The largest absolute Gasteiger partial charge is 0.350 e. The highest BCUT2D eigenvalue weighted by atomic mass is 32.2. The Hall–Kier alpha value is -1.39. The number of pyridine rings is 1. The van der Waals surface area contributed by atoms with E-state index >= 15 is 0 Å². The number of hydrogen-bond donors (Lipinski definition) is 0. The van der Waals surface area contributed by atoms with E-state index in [0.29, 0.717) is 19.1 Å². The van der Waals surface area contributed by atoms with Crippen molar-refractivity contribution in [1.29, 1.82) is 5.26 Å². The molecule has 4 rings (SSSR count). The number of aryl methyl sites for hydroxylation is 1. The van der Waals surface area contributed by atoms with E-state index in [-0.39, 0.29) is 11.7 Å². The number of rotatable bonds is 5. The normalized spacial score (nSPS) is 19.9. The fourth-order valence-corrected chi connectivity index (χ4v) is 5.97. The minimum absolute atomic E-state index is 0.116. The van der Waals surface area contributed by atoms with Crippen molar-refractivity contribution in [2.24, 2.45) is 11.3 Å². The smallest absolute Gasteiger partial charge is 0.158 e. The van der Waals surface area contributed by atoms with Crippen molar-refractivity contribution < 1.29 is 9.47 Å². The van der Waals surface area contributed by atoms with Crippen LogP contribution >= 0.6 is 23.1 Å². The molecule has 0 bridgehead atoms. The van der Waals surface area contributed by atoms with Gasteiger partial charge in [0.15, 0.2) is 6.29 Å². The molecule has 0 radical (unpaired) electrons. The van der Waals surface area contributed by atoms with Gasteiger partial charge in [-0.3, -0.25) is 0 Å². The number of ether oxygens (including phenoxy) is 2. The molecule has 0 saturated carbocycles. The summed E-state index contributed by atoms with van der Waals surface area (Å²) in [5, 5.41) is 13.0. The van der Waals surface area contributed by atoms with Gasteiger partial charge in [-0.25, -0.2) is 4.98 Å². The Kier molecular flexibility index (Phi) is 6.31. The molecule has 4 nitrogen and oxygen atoms in total. The zero-order valence-corrected chi connectivity index (χ0v) is 19.0. The zero-order valence-electron chi connectivity index (χ0n) is 17.4. The monoisotopic (exact) mass is 428 g/mol. The third kappa shape index (κ3) is 4.54. The lowest BCUT2D eigenvalue weighted by molar-refractivity contribution is -0.0421. The van der Waals surface area contributed by atoms with E-state index in [0.717, 1.165) is 47.6 Å². The first kappa shape index (κ1) is 20.9. The first-order valence-electron chi connectivity index (χ1n) is 10.3. The van der Waals surface area contributed by atoms with Crippen LogP contribution in [-0.2, 0) is 22.3 Å². The molecular formula is C23H28N2O2S2. The van der Waals surface area contributed by atoms with E-state index < -0.39 is 0 Å². The molecule has 1 fully saturated rings. The van der Waals surface area contributed by atoms with Crippen LogP contribution in [0.3, 0.4) is 0 Å². The number of fused-ring (bicyclic) bond motifs is 1. The van der Waals surface area contributed by atoms with Crippen molar-refractivity contribution in [2.75, 3.05) is 19.0 Å². The summed E-state index contributed by atoms with van der Waals surface area (Å²) in [6, 6.07) is 6.70. The number of thioether (sulfide) groups is 1. The van der Waals surface area contributed by atoms with Crippen LogP contribution in [0.4, 0.5) is 0 Å². The highest BCUT2D eigenvalue weighted by molar-refractivity contribution is 7.99. The van der Waals surface area contributed by atoms with E-state index in [1.165, 1.54) is 16.1 Å². The zero-order chi connectivity index (χ0) is 20.4. The lowest BCUT2D eigenvalue weighted by Crippen LogP contribution is -2.28. The third-order valence-corrected chi connectivity index (χ3v) is 7.81. The van der Waals surface area contributed by atoms with Gasteiger partial charge in [0, 0.05) is 28.3 Å². The first-order valence-corrected chi connectivity index (χ1v) is 12.2. The van der Waals surface area contributed by atoms with Crippen LogP contribution in [0.5, 0.6) is 0 Å². The van der Waals surface area contributed by atoms with Crippen LogP contribution < -0.4 is 0 Å². The van der Waals surface area contributed by atoms with Crippen molar-refractivity contribution in [2.45, 2.75) is 57.8 Å². The van der Waals surface area contributed by atoms with E-state index in [2.05, 4.69) is 44.4 Å². The Morgan fingerprint density at radius 3 is 2.76 bits per heavy atom. The molecule has 154 valence electrons. The second kappa shape index (κ2) is 8.77. The maximum atomic E-state index is 10.1. The summed E-state index contributed by atoms with van der Waals surface area (Å²) in [5.74, 6) is 1.44. The molecule has 2 aromatic rings. The van der Waals surface area contributed by atoms with Gasteiger partial charge in [0.2, 0.25) is 0 Å². The summed E-state index contributed by atoms with van der Waals surface area (Å²) in [4.78, 5) is 6.18. The standard InChI is InChI=1S/C23H28N2O2S2/c1-23(2,3)15-6-7-18-16(13-15)21(19-5-4-11-28-19)17(14-24)22(25-18)29-12-8-20-26-9-10-27-20/h4-5,11,15,20H,6-10,12-13H2,1-3H3/t15-/m0/s1. The van der Waals surface area contributed by atoms with Crippen molar-refractivity contribution in [3.63, 3.8) is 0 Å². The SMILES string of the molecule is CC(C)(C)[C@H]1CCc2nc(SCCC3OCCO3)c(C#N)c(-c3cccs3)c2C1. The highest BCUT2D eigenvalue weighted by Crippen LogP contribution is 2.44. The summed E-state index contributed by atoms with van der Waals surface area (Å²) in [6.45, 7) is 8.32.